The van der Waals surface area contributed by atoms with Crippen molar-refractivity contribution in [2.75, 3.05) is 0 Å². The normalized spacial score (nSPS) is 12.6. The van der Waals surface area contributed by atoms with Gasteiger partial charge in [0.1, 0.15) is 17.9 Å². The number of nitrogens with two attached hydrogens (primary N) is 1. The van der Waals surface area contributed by atoms with Gasteiger partial charge in [0.2, 0.25) is 17.7 Å². The first-order valence-electron chi connectivity index (χ1n) is 9.00. The molecule has 0 aliphatic heterocycles. The molecule has 2 aromatic rings. The Kier molecular flexibility index (Phi) is 7.68. The van der Waals surface area contributed by atoms with Crippen molar-refractivity contribution in [2.24, 2.45) is 5.73 Å². The van der Waals surface area contributed by atoms with Crippen LogP contribution in [0.15, 0.2) is 54.6 Å². The van der Waals surface area contributed by atoms with Gasteiger partial charge in [-0.25, -0.2) is 4.39 Å². The number of nitrogens with one attached hydrogen (secondary N) is 2. The third-order valence-electron chi connectivity index (χ3n) is 4.25. The van der Waals surface area contributed by atoms with Crippen LogP contribution >= 0.6 is 0 Å². The van der Waals surface area contributed by atoms with Gasteiger partial charge in [0.05, 0.1) is 0 Å². The highest BCUT2D eigenvalue weighted by Gasteiger charge is 2.25. The summed E-state index contributed by atoms with van der Waals surface area (Å²) in [7, 11) is 0. The van der Waals surface area contributed by atoms with E-state index in [-0.39, 0.29) is 6.42 Å². The van der Waals surface area contributed by atoms with E-state index in [0.29, 0.717) is 18.4 Å². The van der Waals surface area contributed by atoms with Gasteiger partial charge in [-0.1, -0.05) is 42.5 Å². The number of carbonyl (C=O) groups excluding carboxylic acids is 3. The van der Waals surface area contributed by atoms with Crippen LogP contribution in [0.25, 0.3) is 0 Å². The summed E-state index contributed by atoms with van der Waals surface area (Å²) in [5.41, 5.74) is 7.00. The third kappa shape index (κ3) is 6.83. The van der Waals surface area contributed by atoms with E-state index in [1.54, 1.807) is 6.07 Å². The maximum Gasteiger partial charge on any atom is 0.243 e. The number of hydrogen-bond acceptors (Lipinski definition) is 3. The zero-order valence-electron chi connectivity index (χ0n) is 15.7. The summed E-state index contributed by atoms with van der Waals surface area (Å²) in [5.74, 6) is -2.04. The van der Waals surface area contributed by atoms with Crippen molar-refractivity contribution in [1.82, 2.24) is 10.6 Å². The Bertz CT molecular complexity index is 827. The molecule has 28 heavy (non-hydrogen) atoms. The predicted molar refractivity (Wildman–Crippen MR) is 104 cm³/mol. The second kappa shape index (κ2) is 10.2. The van der Waals surface area contributed by atoms with Crippen molar-refractivity contribution in [3.8, 4) is 0 Å². The molecular formula is C21H24FN3O3. The van der Waals surface area contributed by atoms with Gasteiger partial charge in [-0.2, -0.15) is 0 Å². The molecule has 0 spiro atoms. The first kappa shape index (κ1) is 21.1. The molecule has 2 atom stereocenters. The fourth-order valence-electron chi connectivity index (χ4n) is 2.87. The summed E-state index contributed by atoms with van der Waals surface area (Å²) >= 11 is 0. The highest BCUT2D eigenvalue weighted by Crippen LogP contribution is 2.09. The minimum atomic E-state index is -0.946. The van der Waals surface area contributed by atoms with Gasteiger partial charge in [0, 0.05) is 13.3 Å². The van der Waals surface area contributed by atoms with Crippen LogP contribution in [0.3, 0.4) is 0 Å². The van der Waals surface area contributed by atoms with Crippen molar-refractivity contribution < 1.29 is 18.8 Å². The molecule has 0 saturated heterocycles. The average Bonchev–Trinajstić information content (AvgIpc) is 2.64. The first-order valence-corrected chi connectivity index (χ1v) is 9.00. The molecule has 148 valence electrons. The fraction of sp³-hybridized carbons (Fsp3) is 0.286. The molecule has 0 fully saturated rings. The largest absolute Gasteiger partial charge is 0.368 e. The third-order valence-corrected chi connectivity index (χ3v) is 4.25. The lowest BCUT2D eigenvalue weighted by molar-refractivity contribution is -0.130. The monoisotopic (exact) mass is 385 g/mol. The number of benzene rings is 2. The van der Waals surface area contributed by atoms with E-state index in [4.69, 9.17) is 5.73 Å². The molecule has 2 rings (SSSR count). The molecule has 3 amide bonds. The molecule has 4 N–H and O–H groups in total. The van der Waals surface area contributed by atoms with Crippen LogP contribution in [0.4, 0.5) is 4.39 Å². The summed E-state index contributed by atoms with van der Waals surface area (Å²) < 4.78 is 13.4. The minimum Gasteiger partial charge on any atom is -0.368 e. The van der Waals surface area contributed by atoms with Gasteiger partial charge >= 0.3 is 0 Å². The maximum atomic E-state index is 13.4. The van der Waals surface area contributed by atoms with Crippen LogP contribution in [0.1, 0.15) is 24.5 Å². The second-order valence-electron chi connectivity index (χ2n) is 6.57. The van der Waals surface area contributed by atoms with E-state index in [2.05, 4.69) is 10.6 Å². The molecule has 0 aliphatic rings. The second-order valence-corrected chi connectivity index (χ2v) is 6.57. The number of carbonyl (C=O) groups is 3. The van der Waals surface area contributed by atoms with E-state index >= 15 is 0 Å². The van der Waals surface area contributed by atoms with E-state index < -0.39 is 35.6 Å². The van der Waals surface area contributed by atoms with Gasteiger partial charge in [0.25, 0.3) is 0 Å². The van der Waals surface area contributed by atoms with E-state index in [0.717, 1.165) is 5.56 Å². The van der Waals surface area contributed by atoms with E-state index in [1.165, 1.54) is 25.1 Å². The smallest absolute Gasteiger partial charge is 0.243 e. The zero-order valence-corrected chi connectivity index (χ0v) is 15.7. The maximum absolute atomic E-state index is 13.4. The van der Waals surface area contributed by atoms with Crippen LogP contribution in [-0.4, -0.2) is 29.8 Å². The number of hydrogen-bond donors (Lipinski definition) is 3. The molecule has 0 aliphatic carbocycles. The number of aryl methyl sites for hydroxylation is 1. The standard InChI is InChI=1S/C21H24FN3O3/c1-14(26)24-19(13-16-8-5-9-17(22)12-16)21(28)25-18(20(23)27)11-10-15-6-3-2-4-7-15/h2-9,12,18-19H,10-11,13H2,1H3,(H2,23,27)(H,24,26)(H,25,28)/t18-,19+/m1/s1. The predicted octanol–water partition coefficient (Wildman–Crippen LogP) is 1.48. The number of primary amides is 1. The van der Waals surface area contributed by atoms with E-state index in [9.17, 15) is 18.8 Å². The molecule has 0 saturated carbocycles. The topological polar surface area (TPSA) is 101 Å². The van der Waals surface area contributed by atoms with Gasteiger partial charge in [0.15, 0.2) is 0 Å². The Morgan fingerprint density at radius 3 is 2.25 bits per heavy atom. The minimum absolute atomic E-state index is 0.0906. The average molecular weight is 385 g/mol. The van der Waals surface area contributed by atoms with Crippen LogP contribution in [-0.2, 0) is 27.2 Å². The van der Waals surface area contributed by atoms with Crippen LogP contribution in [0.5, 0.6) is 0 Å². The Labute approximate surface area is 163 Å². The summed E-state index contributed by atoms with van der Waals surface area (Å²) in [6, 6.07) is 13.5. The summed E-state index contributed by atoms with van der Waals surface area (Å²) in [5, 5.41) is 5.15. The van der Waals surface area contributed by atoms with Crippen molar-refractivity contribution in [3.05, 3.63) is 71.5 Å². The van der Waals surface area contributed by atoms with Gasteiger partial charge in [-0.3, -0.25) is 14.4 Å². The summed E-state index contributed by atoms with van der Waals surface area (Å²) in [6.07, 6.45) is 0.981. The molecule has 2 aromatic carbocycles. The van der Waals surface area contributed by atoms with Crippen LogP contribution in [0.2, 0.25) is 0 Å². The highest BCUT2D eigenvalue weighted by molar-refractivity contribution is 5.91. The van der Waals surface area contributed by atoms with Crippen molar-refractivity contribution in [2.45, 2.75) is 38.3 Å². The van der Waals surface area contributed by atoms with Crippen molar-refractivity contribution >= 4 is 17.7 Å². The summed E-state index contributed by atoms with van der Waals surface area (Å²) in [4.78, 5) is 35.9. The SMILES string of the molecule is CC(=O)N[C@@H](Cc1cccc(F)c1)C(=O)N[C@H](CCc1ccccc1)C(N)=O. The highest BCUT2D eigenvalue weighted by atomic mass is 19.1. The molecule has 6 nitrogen and oxygen atoms in total. The van der Waals surface area contributed by atoms with E-state index in [1.807, 2.05) is 30.3 Å². The number of amides is 3. The summed E-state index contributed by atoms with van der Waals surface area (Å²) in [6.45, 7) is 1.28. The molecule has 0 unspecified atom stereocenters. The molecule has 0 radical (unpaired) electrons. The Balaban J connectivity index is 2.05. The molecule has 0 aromatic heterocycles. The quantitative estimate of drug-likeness (QED) is 0.609. The fourth-order valence-corrected chi connectivity index (χ4v) is 2.87. The zero-order chi connectivity index (χ0) is 20.5. The molecular weight excluding hydrogens is 361 g/mol. The van der Waals surface area contributed by atoms with Gasteiger partial charge in [-0.05, 0) is 36.1 Å². The molecule has 0 bridgehead atoms. The van der Waals surface area contributed by atoms with Crippen LogP contribution in [0, 0.1) is 5.82 Å². The van der Waals surface area contributed by atoms with Gasteiger partial charge < -0.3 is 16.4 Å². The van der Waals surface area contributed by atoms with Crippen molar-refractivity contribution in [3.63, 3.8) is 0 Å². The molecule has 0 heterocycles. The van der Waals surface area contributed by atoms with Crippen molar-refractivity contribution in [1.29, 1.82) is 0 Å². The lowest BCUT2D eigenvalue weighted by Crippen LogP contribution is -2.53. The molecule has 7 heteroatoms. The van der Waals surface area contributed by atoms with Gasteiger partial charge in [-0.15, -0.1) is 0 Å². The number of halogens is 1. The number of rotatable bonds is 9. The Hall–Kier alpha value is -3.22. The lowest BCUT2D eigenvalue weighted by atomic mass is 10.0. The Morgan fingerprint density at radius 2 is 1.64 bits per heavy atom. The first-order chi connectivity index (χ1) is 13.3. The Morgan fingerprint density at radius 1 is 0.964 bits per heavy atom. The van der Waals surface area contributed by atoms with Crippen LogP contribution < -0.4 is 16.4 Å². The lowest BCUT2D eigenvalue weighted by Gasteiger charge is -2.21.